The summed E-state index contributed by atoms with van der Waals surface area (Å²) in [6.07, 6.45) is 0. The van der Waals surface area contributed by atoms with Crippen molar-refractivity contribution in [2.75, 3.05) is 7.11 Å². The number of imidazole rings is 1. The summed E-state index contributed by atoms with van der Waals surface area (Å²) in [6.45, 7) is 1.86. The van der Waals surface area contributed by atoms with Gasteiger partial charge in [-0.3, -0.25) is 4.57 Å². The molecular formula is C15H12F2N2OS. The van der Waals surface area contributed by atoms with Crippen LogP contribution in [0.5, 0.6) is 5.75 Å². The van der Waals surface area contributed by atoms with Crippen LogP contribution in [0.2, 0.25) is 0 Å². The van der Waals surface area contributed by atoms with E-state index in [9.17, 15) is 8.78 Å². The van der Waals surface area contributed by atoms with Crippen LogP contribution in [0.25, 0.3) is 16.7 Å². The second-order valence-electron chi connectivity index (χ2n) is 4.70. The Kier molecular flexibility index (Phi) is 3.25. The maximum atomic E-state index is 13.8. The summed E-state index contributed by atoms with van der Waals surface area (Å²) in [7, 11) is 1.39. The second kappa shape index (κ2) is 4.96. The summed E-state index contributed by atoms with van der Waals surface area (Å²) in [5.41, 5.74) is 2.63. The molecule has 0 bridgehead atoms. The Morgan fingerprint density at radius 3 is 2.67 bits per heavy atom. The Morgan fingerprint density at radius 2 is 1.95 bits per heavy atom. The summed E-state index contributed by atoms with van der Waals surface area (Å²) < 4.78 is 34.3. The molecule has 3 rings (SSSR count). The van der Waals surface area contributed by atoms with Crippen LogP contribution in [0.1, 0.15) is 5.56 Å². The van der Waals surface area contributed by atoms with Gasteiger partial charge in [-0.15, -0.1) is 0 Å². The quantitative estimate of drug-likeness (QED) is 0.716. The van der Waals surface area contributed by atoms with Gasteiger partial charge in [-0.25, -0.2) is 8.78 Å². The van der Waals surface area contributed by atoms with Crippen LogP contribution in [-0.2, 0) is 0 Å². The van der Waals surface area contributed by atoms with Crippen LogP contribution in [0.4, 0.5) is 8.78 Å². The van der Waals surface area contributed by atoms with Gasteiger partial charge in [0, 0.05) is 12.1 Å². The number of aryl methyl sites for hydroxylation is 1. The number of nitrogens with one attached hydrogen (secondary N) is 1. The third-order valence-corrected chi connectivity index (χ3v) is 3.65. The van der Waals surface area contributed by atoms with E-state index in [4.69, 9.17) is 17.0 Å². The molecular weight excluding hydrogens is 294 g/mol. The van der Waals surface area contributed by atoms with Gasteiger partial charge in [0.1, 0.15) is 5.82 Å². The lowest BCUT2D eigenvalue weighted by atomic mass is 10.2. The smallest absolute Gasteiger partial charge is 0.182 e. The van der Waals surface area contributed by atoms with E-state index in [-0.39, 0.29) is 11.6 Å². The molecule has 0 amide bonds. The second-order valence-corrected chi connectivity index (χ2v) is 5.09. The van der Waals surface area contributed by atoms with Gasteiger partial charge >= 0.3 is 0 Å². The largest absolute Gasteiger partial charge is 0.494 e. The molecule has 0 spiro atoms. The fourth-order valence-corrected chi connectivity index (χ4v) is 2.63. The summed E-state index contributed by atoms with van der Waals surface area (Å²) in [6, 6.07) is 7.31. The van der Waals surface area contributed by atoms with E-state index < -0.39 is 5.82 Å². The SMILES string of the molecule is COc1cc2c(cc1F)[nH]c(=S)n2-c1cc(F)ccc1C. The molecule has 0 saturated carbocycles. The van der Waals surface area contributed by atoms with Crippen molar-refractivity contribution >= 4 is 23.3 Å². The monoisotopic (exact) mass is 306 g/mol. The molecule has 3 aromatic rings. The average molecular weight is 306 g/mol. The Morgan fingerprint density at radius 1 is 1.19 bits per heavy atom. The van der Waals surface area contributed by atoms with E-state index in [0.717, 1.165) is 5.56 Å². The van der Waals surface area contributed by atoms with E-state index in [2.05, 4.69) is 4.98 Å². The van der Waals surface area contributed by atoms with Crippen molar-refractivity contribution in [2.24, 2.45) is 0 Å². The fourth-order valence-electron chi connectivity index (χ4n) is 2.33. The minimum Gasteiger partial charge on any atom is -0.494 e. The lowest BCUT2D eigenvalue weighted by molar-refractivity contribution is 0.387. The zero-order valence-electron chi connectivity index (χ0n) is 11.4. The topological polar surface area (TPSA) is 29.9 Å². The van der Waals surface area contributed by atoms with Crippen molar-refractivity contribution in [3.8, 4) is 11.4 Å². The molecule has 1 aromatic heterocycles. The average Bonchev–Trinajstić information content (AvgIpc) is 2.75. The third-order valence-electron chi connectivity index (χ3n) is 3.37. The first kappa shape index (κ1) is 13.8. The summed E-state index contributed by atoms with van der Waals surface area (Å²) >= 11 is 5.28. The number of fused-ring (bicyclic) bond motifs is 1. The molecule has 3 nitrogen and oxygen atoms in total. The van der Waals surface area contributed by atoms with E-state index in [1.54, 1.807) is 16.7 Å². The fraction of sp³-hybridized carbons (Fsp3) is 0.133. The first-order chi connectivity index (χ1) is 10.0. The highest BCUT2D eigenvalue weighted by Gasteiger charge is 2.13. The maximum Gasteiger partial charge on any atom is 0.182 e. The zero-order valence-corrected chi connectivity index (χ0v) is 12.2. The molecule has 0 atom stereocenters. The lowest BCUT2D eigenvalue weighted by Crippen LogP contribution is -1.98. The third kappa shape index (κ3) is 2.21. The number of nitrogens with zero attached hydrogens (tertiary/aromatic N) is 1. The molecule has 2 aromatic carbocycles. The molecule has 0 aliphatic rings. The van der Waals surface area contributed by atoms with E-state index >= 15 is 0 Å². The highest BCUT2D eigenvalue weighted by Crippen LogP contribution is 2.28. The Balaban J connectivity index is 2.39. The molecule has 0 aliphatic carbocycles. The van der Waals surface area contributed by atoms with Gasteiger partial charge in [-0.1, -0.05) is 6.07 Å². The number of H-pyrrole nitrogens is 1. The minimum atomic E-state index is -0.482. The van der Waals surface area contributed by atoms with Gasteiger partial charge in [0.15, 0.2) is 16.3 Å². The summed E-state index contributed by atoms with van der Waals surface area (Å²) in [5, 5.41) is 0. The minimum absolute atomic E-state index is 0.110. The number of methoxy groups -OCH3 is 1. The van der Waals surface area contributed by atoms with Gasteiger partial charge in [-0.05, 0) is 36.8 Å². The van der Waals surface area contributed by atoms with Gasteiger partial charge in [0.2, 0.25) is 0 Å². The Bertz CT molecular complexity index is 899. The van der Waals surface area contributed by atoms with Crippen molar-refractivity contribution in [3.05, 3.63) is 52.3 Å². The van der Waals surface area contributed by atoms with E-state index in [1.807, 2.05) is 6.92 Å². The first-order valence-electron chi connectivity index (χ1n) is 6.26. The Hall–Kier alpha value is -2.21. The van der Waals surface area contributed by atoms with Crippen LogP contribution in [0, 0.1) is 23.3 Å². The maximum absolute atomic E-state index is 13.8. The molecule has 0 radical (unpaired) electrons. The molecule has 1 heterocycles. The normalized spacial score (nSPS) is 11.0. The highest BCUT2D eigenvalue weighted by molar-refractivity contribution is 7.71. The zero-order chi connectivity index (χ0) is 15.1. The molecule has 0 fully saturated rings. The molecule has 1 N–H and O–H groups in total. The van der Waals surface area contributed by atoms with Crippen molar-refractivity contribution in [1.29, 1.82) is 0 Å². The molecule has 108 valence electrons. The molecule has 0 aliphatic heterocycles. The molecule has 0 unspecified atom stereocenters. The molecule has 6 heteroatoms. The van der Waals surface area contributed by atoms with Crippen LogP contribution >= 0.6 is 12.2 Å². The summed E-state index contributed by atoms with van der Waals surface area (Å²) in [5.74, 6) is -0.732. The number of aromatic nitrogens is 2. The number of hydrogen-bond acceptors (Lipinski definition) is 2. The van der Waals surface area contributed by atoms with Crippen molar-refractivity contribution in [2.45, 2.75) is 6.92 Å². The standard InChI is InChI=1S/C15H12F2N2OS/c1-8-3-4-9(16)5-12(8)19-13-7-14(20-2)10(17)6-11(13)18-15(19)21/h3-7H,1-2H3,(H,18,21). The number of benzene rings is 2. The molecule has 21 heavy (non-hydrogen) atoms. The Labute approximate surface area is 124 Å². The lowest BCUT2D eigenvalue weighted by Gasteiger charge is -2.09. The van der Waals surface area contributed by atoms with E-state index in [1.165, 1.54) is 25.3 Å². The van der Waals surface area contributed by atoms with Crippen LogP contribution < -0.4 is 4.74 Å². The highest BCUT2D eigenvalue weighted by atomic mass is 32.1. The van der Waals surface area contributed by atoms with Gasteiger partial charge < -0.3 is 9.72 Å². The van der Waals surface area contributed by atoms with Gasteiger partial charge in [0.25, 0.3) is 0 Å². The number of halogens is 2. The number of aromatic amines is 1. The van der Waals surface area contributed by atoms with Crippen LogP contribution in [-0.4, -0.2) is 16.7 Å². The van der Waals surface area contributed by atoms with Crippen molar-refractivity contribution < 1.29 is 13.5 Å². The van der Waals surface area contributed by atoms with Gasteiger partial charge in [0.05, 0.1) is 23.8 Å². The first-order valence-corrected chi connectivity index (χ1v) is 6.67. The van der Waals surface area contributed by atoms with Crippen molar-refractivity contribution in [1.82, 2.24) is 9.55 Å². The summed E-state index contributed by atoms with van der Waals surface area (Å²) in [4.78, 5) is 2.92. The van der Waals surface area contributed by atoms with E-state index in [0.29, 0.717) is 21.5 Å². The number of ether oxygens (including phenoxy) is 1. The van der Waals surface area contributed by atoms with Crippen LogP contribution in [0.3, 0.4) is 0 Å². The number of hydrogen-bond donors (Lipinski definition) is 1. The number of rotatable bonds is 2. The van der Waals surface area contributed by atoms with Crippen molar-refractivity contribution in [3.63, 3.8) is 0 Å². The van der Waals surface area contributed by atoms with Gasteiger partial charge in [-0.2, -0.15) is 0 Å². The predicted octanol–water partition coefficient (Wildman–Crippen LogP) is 4.28. The predicted molar refractivity (Wildman–Crippen MR) is 79.7 cm³/mol. The van der Waals surface area contributed by atoms with Crippen LogP contribution in [0.15, 0.2) is 30.3 Å². The molecule has 0 saturated heterocycles.